The van der Waals surface area contributed by atoms with Gasteiger partial charge in [0.25, 0.3) is 0 Å². The average molecular weight is 142 g/mol. The van der Waals surface area contributed by atoms with Gasteiger partial charge in [-0.25, -0.2) is 0 Å². The molecule has 0 aromatic carbocycles. The molecule has 0 amide bonds. The van der Waals surface area contributed by atoms with Gasteiger partial charge in [-0.05, 0) is 33.1 Å². The Balaban J connectivity index is 2.63. The van der Waals surface area contributed by atoms with E-state index >= 15 is 0 Å². The number of likely N-dealkylation sites (tertiary alicyclic amines) is 1. The zero-order valence-corrected chi connectivity index (χ0v) is 7.72. The first kappa shape index (κ1) is 8.06. The summed E-state index contributed by atoms with van der Waals surface area (Å²) < 4.78 is 1.22. The third-order valence-corrected chi connectivity index (χ3v) is 3.52. The molecule has 2 atom stereocenters. The van der Waals surface area contributed by atoms with E-state index in [1.54, 1.807) is 0 Å². The predicted octanol–water partition coefficient (Wildman–Crippen LogP) is 2.02. The number of piperidine rings is 1. The Kier molecular flexibility index (Phi) is 2.04. The van der Waals surface area contributed by atoms with Crippen molar-refractivity contribution in [3.8, 4) is 0 Å². The maximum absolute atomic E-state index is 2.37. The summed E-state index contributed by atoms with van der Waals surface area (Å²) in [4.78, 5) is 0. The van der Waals surface area contributed by atoms with E-state index in [9.17, 15) is 0 Å². The Bertz CT molecular complexity index is 106. The highest BCUT2D eigenvalue weighted by molar-refractivity contribution is 4.64. The second-order valence-corrected chi connectivity index (χ2v) is 4.26. The summed E-state index contributed by atoms with van der Waals surface area (Å²) in [5.74, 6) is 0. The smallest absolute Gasteiger partial charge is 0.0859 e. The Morgan fingerprint density at radius 3 is 1.70 bits per heavy atom. The molecule has 1 aliphatic heterocycles. The van der Waals surface area contributed by atoms with Crippen LogP contribution < -0.4 is 0 Å². The first-order valence-electron chi connectivity index (χ1n) is 4.38. The van der Waals surface area contributed by atoms with E-state index in [4.69, 9.17) is 0 Å². The van der Waals surface area contributed by atoms with Gasteiger partial charge >= 0.3 is 0 Å². The van der Waals surface area contributed by atoms with Crippen LogP contribution in [0, 0.1) is 0 Å². The van der Waals surface area contributed by atoms with Gasteiger partial charge in [-0.15, -0.1) is 0 Å². The standard InChI is InChI=1S/C9H20N/c1-8-6-5-7-9(2)10(8,3)4/h8-9H,5-7H2,1-4H3/q+1/t8-,9-/m0/s1. The molecule has 0 aliphatic carbocycles. The monoisotopic (exact) mass is 142 g/mol. The number of quaternary nitrogens is 1. The SMILES string of the molecule is C[C@H]1CCC[C@H](C)[N+]1(C)C. The fraction of sp³-hybridized carbons (Fsp3) is 1.00. The molecular formula is C9H20N+. The minimum Gasteiger partial charge on any atom is -0.324 e. The topological polar surface area (TPSA) is 0 Å². The molecule has 0 spiro atoms. The van der Waals surface area contributed by atoms with Crippen LogP contribution in [0.25, 0.3) is 0 Å². The molecule has 0 aromatic heterocycles. The van der Waals surface area contributed by atoms with Gasteiger partial charge in [0.15, 0.2) is 0 Å². The zero-order valence-electron chi connectivity index (χ0n) is 7.72. The summed E-state index contributed by atoms with van der Waals surface area (Å²) in [5, 5.41) is 0. The van der Waals surface area contributed by atoms with Gasteiger partial charge in [0.05, 0.1) is 26.2 Å². The lowest BCUT2D eigenvalue weighted by atomic mass is 9.96. The third kappa shape index (κ3) is 1.20. The average Bonchev–Trinajstić information content (AvgIpc) is 1.84. The normalized spacial score (nSPS) is 39.6. The van der Waals surface area contributed by atoms with Crippen LogP contribution in [0.2, 0.25) is 0 Å². The van der Waals surface area contributed by atoms with E-state index in [1.165, 1.54) is 23.7 Å². The van der Waals surface area contributed by atoms with Crippen LogP contribution in [-0.4, -0.2) is 30.7 Å². The van der Waals surface area contributed by atoms with Crippen molar-refractivity contribution in [1.29, 1.82) is 0 Å². The molecule has 0 unspecified atom stereocenters. The maximum Gasteiger partial charge on any atom is 0.0859 e. The molecule has 1 heterocycles. The molecule has 60 valence electrons. The van der Waals surface area contributed by atoms with Crippen molar-refractivity contribution >= 4 is 0 Å². The van der Waals surface area contributed by atoms with Crippen LogP contribution in [0.3, 0.4) is 0 Å². The quantitative estimate of drug-likeness (QED) is 0.454. The highest BCUT2D eigenvalue weighted by Crippen LogP contribution is 2.26. The van der Waals surface area contributed by atoms with Gasteiger partial charge in [-0.3, -0.25) is 0 Å². The van der Waals surface area contributed by atoms with Crippen molar-refractivity contribution in [2.45, 2.75) is 45.2 Å². The van der Waals surface area contributed by atoms with Gasteiger partial charge in [-0.2, -0.15) is 0 Å². The number of nitrogens with zero attached hydrogens (tertiary/aromatic N) is 1. The fourth-order valence-electron chi connectivity index (χ4n) is 1.81. The van der Waals surface area contributed by atoms with E-state index in [2.05, 4.69) is 27.9 Å². The van der Waals surface area contributed by atoms with Crippen LogP contribution in [0.1, 0.15) is 33.1 Å². The Morgan fingerprint density at radius 1 is 1.00 bits per heavy atom. The highest BCUT2D eigenvalue weighted by Gasteiger charge is 2.33. The van der Waals surface area contributed by atoms with Crippen molar-refractivity contribution in [2.75, 3.05) is 14.1 Å². The van der Waals surface area contributed by atoms with Crippen molar-refractivity contribution < 1.29 is 4.48 Å². The minimum atomic E-state index is 0.865. The zero-order chi connectivity index (χ0) is 7.78. The van der Waals surface area contributed by atoms with Crippen molar-refractivity contribution in [3.63, 3.8) is 0 Å². The molecule has 1 rings (SSSR count). The first-order chi connectivity index (χ1) is 4.55. The first-order valence-corrected chi connectivity index (χ1v) is 4.38. The van der Waals surface area contributed by atoms with Crippen molar-refractivity contribution in [3.05, 3.63) is 0 Å². The molecule has 0 saturated carbocycles. The maximum atomic E-state index is 2.37. The Labute approximate surface area is 64.6 Å². The number of hydrogen-bond donors (Lipinski definition) is 0. The summed E-state index contributed by atoms with van der Waals surface area (Å²) in [6.45, 7) is 4.74. The lowest BCUT2D eigenvalue weighted by Crippen LogP contribution is -2.55. The molecular weight excluding hydrogens is 122 g/mol. The molecule has 0 radical (unpaired) electrons. The number of hydrogen-bond acceptors (Lipinski definition) is 0. The largest absolute Gasteiger partial charge is 0.324 e. The van der Waals surface area contributed by atoms with E-state index in [1.807, 2.05) is 0 Å². The minimum absolute atomic E-state index is 0.865. The molecule has 1 aliphatic rings. The molecule has 1 heteroatoms. The highest BCUT2D eigenvalue weighted by atomic mass is 15.4. The molecule has 1 saturated heterocycles. The molecule has 1 fully saturated rings. The summed E-state index contributed by atoms with van der Waals surface area (Å²) in [7, 11) is 4.71. The van der Waals surface area contributed by atoms with E-state index in [-0.39, 0.29) is 0 Å². The second-order valence-electron chi connectivity index (χ2n) is 4.26. The lowest BCUT2D eigenvalue weighted by molar-refractivity contribution is -0.940. The van der Waals surface area contributed by atoms with Crippen LogP contribution in [0.4, 0.5) is 0 Å². The van der Waals surface area contributed by atoms with Gasteiger partial charge in [0.2, 0.25) is 0 Å². The van der Waals surface area contributed by atoms with Crippen molar-refractivity contribution in [1.82, 2.24) is 0 Å². The second kappa shape index (κ2) is 2.54. The van der Waals surface area contributed by atoms with Crippen LogP contribution >= 0.6 is 0 Å². The molecule has 1 nitrogen and oxygen atoms in total. The van der Waals surface area contributed by atoms with Crippen molar-refractivity contribution in [2.24, 2.45) is 0 Å². The molecule has 0 aromatic rings. The van der Waals surface area contributed by atoms with Gasteiger partial charge in [-0.1, -0.05) is 0 Å². The van der Waals surface area contributed by atoms with Gasteiger partial charge < -0.3 is 4.48 Å². The summed E-state index contributed by atoms with van der Waals surface area (Å²) >= 11 is 0. The Hall–Kier alpha value is -0.0400. The summed E-state index contributed by atoms with van der Waals surface area (Å²) in [6, 6.07) is 1.73. The summed E-state index contributed by atoms with van der Waals surface area (Å²) in [6.07, 6.45) is 4.26. The van der Waals surface area contributed by atoms with Gasteiger partial charge in [0.1, 0.15) is 0 Å². The predicted molar refractivity (Wildman–Crippen MR) is 44.9 cm³/mol. The molecule has 0 N–H and O–H groups in total. The molecule has 10 heavy (non-hydrogen) atoms. The van der Waals surface area contributed by atoms with Gasteiger partial charge in [0, 0.05) is 0 Å². The van der Waals surface area contributed by atoms with E-state index in [0.717, 1.165) is 12.1 Å². The summed E-state index contributed by atoms with van der Waals surface area (Å²) in [5.41, 5.74) is 0. The molecule has 0 bridgehead atoms. The van der Waals surface area contributed by atoms with Crippen LogP contribution in [0.15, 0.2) is 0 Å². The van der Waals surface area contributed by atoms with E-state index < -0.39 is 0 Å². The third-order valence-electron chi connectivity index (χ3n) is 3.52. The number of rotatable bonds is 0. The lowest BCUT2D eigenvalue weighted by Gasteiger charge is -2.45. The van der Waals surface area contributed by atoms with E-state index in [0.29, 0.717) is 0 Å². The Morgan fingerprint density at radius 2 is 1.40 bits per heavy atom. The van der Waals surface area contributed by atoms with Crippen LogP contribution in [0.5, 0.6) is 0 Å². The van der Waals surface area contributed by atoms with Crippen LogP contribution in [-0.2, 0) is 0 Å². The fourth-order valence-corrected chi connectivity index (χ4v) is 1.81.